The fraction of sp³-hybridized carbons (Fsp3) is 0.500. The molecule has 0 aliphatic heterocycles. The maximum atomic E-state index is 10.6. The number of aliphatic carboxylic acids is 1. The monoisotopic (exact) mass is 416 g/mol. The number of hydrogen-bond acceptors (Lipinski definition) is 6. The van der Waals surface area contributed by atoms with E-state index in [4.69, 9.17) is 4.55 Å². The van der Waals surface area contributed by atoms with E-state index in [0.29, 0.717) is 0 Å². The zero-order chi connectivity index (χ0) is 10.6. The van der Waals surface area contributed by atoms with Gasteiger partial charge in [-0.3, -0.25) is 0 Å². The number of carbonyl (C=O) groups is 2. The van der Waals surface area contributed by atoms with Crippen LogP contribution in [0.1, 0.15) is 6.42 Å². The Labute approximate surface area is 115 Å². The van der Waals surface area contributed by atoms with E-state index in [1.54, 1.807) is 0 Å². The molecule has 0 aliphatic rings. The number of rotatable bonds is 4. The number of carboxylic acid groups (broad SMARTS) is 1. The van der Waals surface area contributed by atoms with Gasteiger partial charge >= 0.3 is 116 Å². The molecule has 0 saturated heterocycles. The zero-order valence-electron chi connectivity index (χ0n) is 6.89. The second-order valence-electron chi connectivity index (χ2n) is 1.96. The van der Waals surface area contributed by atoms with Crippen LogP contribution in [0.4, 0.5) is 0 Å². The van der Waals surface area contributed by atoms with Crippen LogP contribution in [0.15, 0.2) is 0 Å². The van der Waals surface area contributed by atoms with Gasteiger partial charge in [-0.2, -0.15) is 0 Å². The first-order chi connectivity index (χ1) is 5.79. The molecule has 0 bridgehead atoms. The summed E-state index contributed by atoms with van der Waals surface area (Å²) in [5.41, 5.74) is 0. The standard InChI is InChI=1S/C4H6O7S.Au.Na/c5-3(6)1-2(4(7)8)12(9,10)11;;/h2H,1H2,(H,5,6)(H,7,8)(H,9,10,11);;/q;2*+1/p-2. The Bertz CT molecular complexity index is 312. The van der Waals surface area contributed by atoms with Crippen LogP contribution in [0, 0.1) is 0 Å². The van der Waals surface area contributed by atoms with Crippen molar-refractivity contribution < 1.29 is 81.9 Å². The predicted molar refractivity (Wildman–Crippen MR) is 31.1 cm³/mol. The quantitative estimate of drug-likeness (QED) is 0.359. The van der Waals surface area contributed by atoms with Crippen LogP contribution in [0.3, 0.4) is 0 Å². The van der Waals surface area contributed by atoms with Crippen molar-refractivity contribution in [2.24, 2.45) is 0 Å². The van der Waals surface area contributed by atoms with E-state index in [1.807, 2.05) is 0 Å². The normalized spacial score (nSPS) is 12.5. The van der Waals surface area contributed by atoms with E-state index in [1.165, 1.54) is 21.5 Å². The third-order valence-corrected chi connectivity index (χ3v) is 2.55. The molecular formula is C4H4AuNaO7S. The Hall–Kier alpha value is 0.590. The smallest absolute Gasteiger partial charge is 1.00 e. The van der Waals surface area contributed by atoms with Crippen molar-refractivity contribution >= 4 is 22.1 Å². The van der Waals surface area contributed by atoms with Crippen LogP contribution < -0.4 is 34.7 Å². The number of carboxylic acids is 1. The van der Waals surface area contributed by atoms with Gasteiger partial charge in [0.1, 0.15) is 0 Å². The topological polar surface area (TPSA) is 121 Å². The summed E-state index contributed by atoms with van der Waals surface area (Å²) in [7, 11) is -4.78. The summed E-state index contributed by atoms with van der Waals surface area (Å²) in [6, 6.07) is 0. The van der Waals surface area contributed by atoms with Crippen molar-refractivity contribution in [1.29, 1.82) is 0 Å². The summed E-state index contributed by atoms with van der Waals surface area (Å²) < 4.78 is 33.2. The SMILES string of the molecule is O=C([O-])CC(C(=O)[O][Au])S(=O)(=O)O.[Na+]. The maximum Gasteiger partial charge on any atom is 1.00 e. The Kier molecular flexibility index (Phi) is 8.45. The molecule has 0 rings (SSSR count). The largest absolute Gasteiger partial charge is 1.00 e. The van der Waals surface area contributed by atoms with Crippen LogP contribution >= 0.6 is 0 Å². The fourth-order valence-corrected chi connectivity index (χ4v) is 1.61. The summed E-state index contributed by atoms with van der Waals surface area (Å²) in [5, 5.41) is 7.84. The third-order valence-electron chi connectivity index (χ3n) is 1.04. The molecule has 0 radical (unpaired) electrons. The molecule has 1 atom stereocenters. The van der Waals surface area contributed by atoms with Crippen LogP contribution in [0.25, 0.3) is 0 Å². The van der Waals surface area contributed by atoms with Crippen molar-refractivity contribution in [1.82, 2.24) is 0 Å². The Balaban J connectivity index is 0. The first kappa shape index (κ1) is 17.0. The molecule has 0 amide bonds. The van der Waals surface area contributed by atoms with Gasteiger partial charge in [-0.15, -0.1) is 0 Å². The van der Waals surface area contributed by atoms with Crippen LogP contribution in [-0.2, 0) is 44.4 Å². The van der Waals surface area contributed by atoms with Crippen molar-refractivity contribution in [3.63, 3.8) is 0 Å². The average molecular weight is 416 g/mol. The van der Waals surface area contributed by atoms with Gasteiger partial charge in [-0.1, -0.05) is 0 Å². The van der Waals surface area contributed by atoms with Crippen LogP contribution in [-0.4, -0.2) is 30.2 Å². The summed E-state index contributed by atoms with van der Waals surface area (Å²) in [4.78, 5) is 20.6. The maximum absolute atomic E-state index is 10.6. The average Bonchev–Trinajstić information content (AvgIpc) is 1.96. The molecule has 10 heteroatoms. The van der Waals surface area contributed by atoms with Gasteiger partial charge in [-0.25, -0.2) is 0 Å². The summed E-state index contributed by atoms with van der Waals surface area (Å²) in [5.74, 6) is -3.14. The van der Waals surface area contributed by atoms with Crippen molar-refractivity contribution in [2.45, 2.75) is 11.7 Å². The molecule has 0 saturated carbocycles. The molecule has 0 fully saturated rings. The van der Waals surface area contributed by atoms with E-state index in [9.17, 15) is 23.1 Å². The molecule has 0 spiro atoms. The van der Waals surface area contributed by atoms with Gasteiger partial charge in [0.05, 0.1) is 0 Å². The van der Waals surface area contributed by atoms with Gasteiger partial charge in [0.2, 0.25) is 0 Å². The molecule has 1 unspecified atom stereocenters. The molecule has 0 heterocycles. The minimum Gasteiger partial charge on any atom is 1.00 e. The van der Waals surface area contributed by atoms with Gasteiger partial charge < -0.3 is 0 Å². The Morgan fingerprint density at radius 2 is 1.93 bits per heavy atom. The van der Waals surface area contributed by atoms with E-state index in [0.717, 1.165) is 0 Å². The van der Waals surface area contributed by atoms with Gasteiger partial charge in [0.25, 0.3) is 0 Å². The minimum absolute atomic E-state index is 0. The molecule has 7 nitrogen and oxygen atoms in total. The second-order valence-corrected chi connectivity index (χ2v) is 4.00. The van der Waals surface area contributed by atoms with Crippen LogP contribution in [0.2, 0.25) is 0 Å². The van der Waals surface area contributed by atoms with Crippen molar-refractivity contribution in [3.05, 3.63) is 0 Å². The van der Waals surface area contributed by atoms with Crippen molar-refractivity contribution in [2.75, 3.05) is 0 Å². The summed E-state index contributed by atoms with van der Waals surface area (Å²) in [6.45, 7) is 0. The van der Waals surface area contributed by atoms with Gasteiger partial charge in [-0.05, 0) is 0 Å². The van der Waals surface area contributed by atoms with Crippen molar-refractivity contribution in [3.8, 4) is 0 Å². The zero-order valence-corrected chi connectivity index (χ0v) is 11.9. The Morgan fingerprint density at radius 1 is 1.50 bits per heavy atom. The van der Waals surface area contributed by atoms with Crippen LogP contribution in [0.5, 0.6) is 0 Å². The molecule has 14 heavy (non-hydrogen) atoms. The first-order valence-electron chi connectivity index (χ1n) is 2.74. The third kappa shape index (κ3) is 6.14. The molecule has 0 aromatic carbocycles. The van der Waals surface area contributed by atoms with E-state index in [2.05, 4.69) is 3.24 Å². The molecule has 1 N–H and O–H groups in total. The molecule has 0 aromatic heterocycles. The number of carbonyl (C=O) groups excluding carboxylic acids is 2. The molecule has 0 aromatic rings. The Morgan fingerprint density at radius 3 is 2.14 bits per heavy atom. The van der Waals surface area contributed by atoms with Gasteiger partial charge in [0.15, 0.2) is 0 Å². The van der Waals surface area contributed by atoms with Gasteiger partial charge in [0, 0.05) is 0 Å². The van der Waals surface area contributed by atoms with E-state index < -0.39 is 33.7 Å². The molecule has 80 valence electrons. The summed E-state index contributed by atoms with van der Waals surface area (Å²) in [6.07, 6.45) is -1.14. The van der Waals surface area contributed by atoms with E-state index in [-0.39, 0.29) is 29.6 Å². The first-order valence-corrected chi connectivity index (χ1v) is 5.13. The fourth-order valence-electron chi connectivity index (χ4n) is 0.501. The summed E-state index contributed by atoms with van der Waals surface area (Å²) >= 11 is 1.25. The van der Waals surface area contributed by atoms with E-state index >= 15 is 0 Å². The number of hydrogen-bond donors (Lipinski definition) is 1. The second kappa shape index (κ2) is 6.96. The predicted octanol–water partition coefficient (Wildman–Crippen LogP) is -5.61. The molecular weight excluding hydrogens is 412 g/mol. The molecule has 0 aliphatic carbocycles. The minimum atomic E-state index is -4.78.